The van der Waals surface area contributed by atoms with E-state index >= 15 is 0 Å². The molecule has 3 heterocycles. The van der Waals surface area contributed by atoms with Crippen LogP contribution in [0.25, 0.3) is 22.2 Å². The Bertz CT molecular complexity index is 845. The van der Waals surface area contributed by atoms with E-state index in [4.69, 9.17) is 9.72 Å². The molecule has 0 spiro atoms. The van der Waals surface area contributed by atoms with Gasteiger partial charge in [-0.15, -0.1) is 0 Å². The van der Waals surface area contributed by atoms with E-state index in [1.807, 2.05) is 12.3 Å². The third-order valence-electron chi connectivity index (χ3n) is 5.40. The molecule has 1 aliphatic heterocycles. The number of nitrogens with one attached hydrogen (secondary N) is 1. The van der Waals surface area contributed by atoms with Gasteiger partial charge in [0, 0.05) is 41.4 Å². The Balaban J connectivity index is 1.54. The molecule has 3 aromatic rings. The first-order chi connectivity index (χ1) is 12.3. The fourth-order valence-electron chi connectivity index (χ4n) is 3.70. The maximum Gasteiger partial charge on any atom is 0.128 e. The number of aromatic nitrogens is 2. The van der Waals surface area contributed by atoms with Crippen molar-refractivity contribution in [3.8, 4) is 17.0 Å². The first kappa shape index (κ1) is 16.0. The first-order valence-corrected chi connectivity index (χ1v) is 9.15. The molecule has 0 unspecified atom stereocenters. The van der Waals surface area contributed by atoms with Crippen LogP contribution in [0.4, 0.5) is 5.82 Å². The highest BCUT2D eigenvalue weighted by Crippen LogP contribution is 2.28. The van der Waals surface area contributed by atoms with E-state index in [-0.39, 0.29) is 0 Å². The van der Waals surface area contributed by atoms with Crippen LogP contribution in [-0.2, 0) is 0 Å². The van der Waals surface area contributed by atoms with Crippen LogP contribution in [0.3, 0.4) is 0 Å². The minimum atomic E-state index is 0.877. The van der Waals surface area contributed by atoms with Crippen molar-refractivity contribution in [1.82, 2.24) is 9.97 Å². The van der Waals surface area contributed by atoms with Crippen molar-refractivity contribution in [2.24, 2.45) is 5.92 Å². The lowest BCUT2D eigenvalue weighted by molar-refractivity contribution is 0.394. The van der Waals surface area contributed by atoms with Crippen molar-refractivity contribution in [3.05, 3.63) is 42.6 Å². The van der Waals surface area contributed by atoms with Gasteiger partial charge in [-0.3, -0.25) is 0 Å². The van der Waals surface area contributed by atoms with Gasteiger partial charge in [-0.1, -0.05) is 13.3 Å². The SMILES string of the molecule is CCC1CCN(c2ccc(-c3cc4cc(OC)ccc4[nH]3)cn2)CC1. The summed E-state index contributed by atoms with van der Waals surface area (Å²) in [5, 5.41) is 1.15. The van der Waals surface area contributed by atoms with Gasteiger partial charge >= 0.3 is 0 Å². The topological polar surface area (TPSA) is 41.1 Å². The maximum absolute atomic E-state index is 5.30. The summed E-state index contributed by atoms with van der Waals surface area (Å²) in [5.41, 5.74) is 3.32. The number of nitrogens with zero attached hydrogens (tertiary/aromatic N) is 2. The average Bonchev–Trinajstić information content (AvgIpc) is 3.11. The van der Waals surface area contributed by atoms with Crippen LogP contribution in [0.5, 0.6) is 5.75 Å². The summed E-state index contributed by atoms with van der Waals surface area (Å²) in [6.45, 7) is 4.54. The average molecular weight is 335 g/mol. The highest BCUT2D eigenvalue weighted by Gasteiger charge is 2.18. The van der Waals surface area contributed by atoms with Gasteiger partial charge in [0.05, 0.1) is 7.11 Å². The number of anilines is 1. The van der Waals surface area contributed by atoms with E-state index in [9.17, 15) is 0 Å². The second kappa shape index (κ2) is 6.79. The number of methoxy groups -OCH3 is 1. The van der Waals surface area contributed by atoms with Crippen molar-refractivity contribution in [3.63, 3.8) is 0 Å². The predicted molar refractivity (Wildman–Crippen MR) is 103 cm³/mol. The minimum absolute atomic E-state index is 0.877. The number of ether oxygens (including phenoxy) is 1. The molecule has 0 amide bonds. The Morgan fingerprint density at radius 2 is 2.00 bits per heavy atom. The molecule has 1 saturated heterocycles. The largest absolute Gasteiger partial charge is 0.497 e. The highest BCUT2D eigenvalue weighted by molar-refractivity contribution is 5.87. The van der Waals surface area contributed by atoms with Crippen LogP contribution in [-0.4, -0.2) is 30.2 Å². The van der Waals surface area contributed by atoms with Crippen LogP contribution in [0.15, 0.2) is 42.6 Å². The standard InChI is InChI=1S/C21H25N3O/c1-3-15-8-10-24(11-9-15)21-7-4-16(14-22-21)20-13-17-12-18(25-2)5-6-19(17)23-20/h4-7,12-15,23H,3,8-11H2,1-2H3. The van der Waals surface area contributed by atoms with Gasteiger partial charge in [-0.05, 0) is 55.2 Å². The zero-order valence-electron chi connectivity index (χ0n) is 15.0. The fraction of sp³-hybridized carbons (Fsp3) is 0.381. The summed E-state index contributed by atoms with van der Waals surface area (Å²) in [5.74, 6) is 2.86. The van der Waals surface area contributed by atoms with E-state index in [1.54, 1.807) is 7.11 Å². The lowest BCUT2D eigenvalue weighted by atomic mass is 9.94. The number of fused-ring (bicyclic) bond motifs is 1. The summed E-state index contributed by atoms with van der Waals surface area (Å²) in [4.78, 5) is 10.6. The van der Waals surface area contributed by atoms with E-state index in [1.165, 1.54) is 19.3 Å². The number of rotatable bonds is 4. The lowest BCUT2D eigenvalue weighted by Gasteiger charge is -2.32. The van der Waals surface area contributed by atoms with E-state index < -0.39 is 0 Å². The smallest absolute Gasteiger partial charge is 0.128 e. The Hall–Kier alpha value is -2.49. The molecule has 4 rings (SSSR count). The Kier molecular flexibility index (Phi) is 4.35. The second-order valence-corrected chi connectivity index (χ2v) is 6.88. The fourth-order valence-corrected chi connectivity index (χ4v) is 3.70. The zero-order chi connectivity index (χ0) is 17.2. The number of hydrogen-bond donors (Lipinski definition) is 1. The Morgan fingerprint density at radius 1 is 1.16 bits per heavy atom. The molecular weight excluding hydrogens is 310 g/mol. The number of H-pyrrole nitrogens is 1. The van der Waals surface area contributed by atoms with E-state index in [0.717, 1.165) is 52.7 Å². The highest BCUT2D eigenvalue weighted by atomic mass is 16.5. The summed E-state index contributed by atoms with van der Waals surface area (Å²) >= 11 is 0. The molecule has 1 aliphatic rings. The molecular formula is C21H25N3O. The van der Waals surface area contributed by atoms with Crippen molar-refractivity contribution >= 4 is 16.7 Å². The van der Waals surface area contributed by atoms with Crippen LogP contribution < -0.4 is 9.64 Å². The van der Waals surface area contributed by atoms with Gasteiger partial charge in [-0.2, -0.15) is 0 Å². The third kappa shape index (κ3) is 3.21. The summed E-state index contributed by atoms with van der Waals surface area (Å²) < 4.78 is 5.30. The maximum atomic E-state index is 5.30. The van der Waals surface area contributed by atoms with E-state index in [2.05, 4.69) is 47.1 Å². The molecule has 2 aromatic heterocycles. The summed E-state index contributed by atoms with van der Waals surface area (Å²) in [7, 11) is 1.70. The normalized spacial score (nSPS) is 15.7. The van der Waals surface area contributed by atoms with Gasteiger partial charge in [0.25, 0.3) is 0 Å². The summed E-state index contributed by atoms with van der Waals surface area (Å²) in [6.07, 6.45) is 5.84. The quantitative estimate of drug-likeness (QED) is 0.740. The van der Waals surface area contributed by atoms with Crippen LogP contribution in [0.2, 0.25) is 0 Å². The van der Waals surface area contributed by atoms with Crippen LogP contribution >= 0.6 is 0 Å². The number of aromatic amines is 1. The zero-order valence-corrected chi connectivity index (χ0v) is 15.0. The van der Waals surface area contributed by atoms with Crippen molar-refractivity contribution in [2.75, 3.05) is 25.1 Å². The lowest BCUT2D eigenvalue weighted by Crippen LogP contribution is -2.33. The monoisotopic (exact) mass is 335 g/mol. The molecule has 0 saturated carbocycles. The molecule has 4 heteroatoms. The van der Waals surface area contributed by atoms with Gasteiger partial charge in [0.2, 0.25) is 0 Å². The number of benzene rings is 1. The van der Waals surface area contributed by atoms with Gasteiger partial charge < -0.3 is 14.6 Å². The molecule has 0 radical (unpaired) electrons. The Labute approximate surface area is 148 Å². The molecule has 130 valence electrons. The van der Waals surface area contributed by atoms with E-state index in [0.29, 0.717) is 0 Å². The third-order valence-corrected chi connectivity index (χ3v) is 5.40. The molecule has 0 bridgehead atoms. The number of piperidine rings is 1. The molecule has 0 aliphatic carbocycles. The van der Waals surface area contributed by atoms with Gasteiger partial charge in [0.1, 0.15) is 11.6 Å². The number of hydrogen-bond acceptors (Lipinski definition) is 3. The molecule has 4 nitrogen and oxygen atoms in total. The minimum Gasteiger partial charge on any atom is -0.497 e. The molecule has 1 aromatic carbocycles. The summed E-state index contributed by atoms with van der Waals surface area (Å²) in [6, 6.07) is 12.5. The van der Waals surface area contributed by atoms with Gasteiger partial charge in [0.15, 0.2) is 0 Å². The van der Waals surface area contributed by atoms with Crippen LogP contribution in [0, 0.1) is 5.92 Å². The van der Waals surface area contributed by atoms with Gasteiger partial charge in [-0.25, -0.2) is 4.98 Å². The molecule has 1 fully saturated rings. The van der Waals surface area contributed by atoms with Crippen LogP contribution in [0.1, 0.15) is 26.2 Å². The predicted octanol–water partition coefficient (Wildman–Crippen LogP) is 4.86. The Morgan fingerprint density at radius 3 is 2.68 bits per heavy atom. The molecule has 0 atom stereocenters. The first-order valence-electron chi connectivity index (χ1n) is 9.15. The second-order valence-electron chi connectivity index (χ2n) is 6.88. The number of pyridine rings is 1. The molecule has 1 N–H and O–H groups in total. The van der Waals surface area contributed by atoms with Crippen molar-refractivity contribution in [2.45, 2.75) is 26.2 Å². The van der Waals surface area contributed by atoms with Crippen molar-refractivity contribution in [1.29, 1.82) is 0 Å². The molecule has 25 heavy (non-hydrogen) atoms. The van der Waals surface area contributed by atoms with Crippen molar-refractivity contribution < 1.29 is 4.74 Å².